The summed E-state index contributed by atoms with van der Waals surface area (Å²) in [6.07, 6.45) is 2.59. The Morgan fingerprint density at radius 1 is 1.28 bits per heavy atom. The van der Waals surface area contributed by atoms with Gasteiger partial charge in [-0.1, -0.05) is 18.2 Å². The molecule has 1 aliphatic rings. The maximum absolute atomic E-state index is 12.6. The third-order valence-corrected chi connectivity index (χ3v) is 4.48. The predicted octanol–water partition coefficient (Wildman–Crippen LogP) is 2.64. The Morgan fingerprint density at radius 3 is 2.80 bits per heavy atom. The summed E-state index contributed by atoms with van der Waals surface area (Å²) in [5.74, 6) is 0.123. The van der Waals surface area contributed by atoms with Gasteiger partial charge in [0.1, 0.15) is 6.04 Å². The molecule has 5 heteroatoms. The van der Waals surface area contributed by atoms with Gasteiger partial charge in [-0.25, -0.2) is 0 Å². The van der Waals surface area contributed by atoms with Gasteiger partial charge in [0.25, 0.3) is 0 Å². The van der Waals surface area contributed by atoms with Gasteiger partial charge in [-0.05, 0) is 43.2 Å². The minimum atomic E-state index is -0.262. The zero-order chi connectivity index (χ0) is 17.6. The first kappa shape index (κ1) is 17.4. The molecule has 1 fully saturated rings. The van der Waals surface area contributed by atoms with Crippen molar-refractivity contribution in [2.75, 3.05) is 31.6 Å². The second kappa shape index (κ2) is 8.12. The van der Waals surface area contributed by atoms with E-state index in [0.29, 0.717) is 26.3 Å². The Morgan fingerprint density at radius 2 is 2.08 bits per heavy atom. The highest BCUT2D eigenvalue weighted by atomic mass is 16.5. The molecule has 0 aliphatic carbocycles. The smallest absolute Gasteiger partial charge is 0.244 e. The van der Waals surface area contributed by atoms with Gasteiger partial charge in [0, 0.05) is 37.1 Å². The summed E-state index contributed by atoms with van der Waals surface area (Å²) in [6, 6.07) is 12.0. The number of aromatic nitrogens is 1. The number of carbonyl (C=O) groups is 1. The standard InChI is InChI=1S/C20H25N3O2/c1-15-6-7-17(13-18-5-3-4-8-21-18)14-19(15)22-16(2)20(24)23-9-11-25-12-10-23/h3-8,14,16,22H,9-13H2,1-2H3. The van der Waals surface area contributed by atoms with Gasteiger partial charge in [-0.2, -0.15) is 0 Å². The number of ether oxygens (including phenoxy) is 1. The van der Waals surface area contributed by atoms with Gasteiger partial charge in [0.05, 0.1) is 13.2 Å². The van der Waals surface area contributed by atoms with Crippen LogP contribution in [0.1, 0.15) is 23.7 Å². The largest absolute Gasteiger partial charge is 0.378 e. The molecule has 1 unspecified atom stereocenters. The fraction of sp³-hybridized carbons (Fsp3) is 0.400. The summed E-state index contributed by atoms with van der Waals surface area (Å²) in [6.45, 7) is 6.56. The third-order valence-electron chi connectivity index (χ3n) is 4.48. The van der Waals surface area contributed by atoms with Gasteiger partial charge >= 0.3 is 0 Å². The zero-order valence-electron chi connectivity index (χ0n) is 14.9. The Kier molecular flexibility index (Phi) is 5.66. The van der Waals surface area contributed by atoms with E-state index >= 15 is 0 Å². The van der Waals surface area contributed by atoms with Crippen molar-refractivity contribution in [1.82, 2.24) is 9.88 Å². The van der Waals surface area contributed by atoms with Crippen molar-refractivity contribution < 1.29 is 9.53 Å². The molecule has 2 aromatic rings. The summed E-state index contributed by atoms with van der Waals surface area (Å²) in [7, 11) is 0. The lowest BCUT2D eigenvalue weighted by Crippen LogP contribution is -2.47. The molecule has 25 heavy (non-hydrogen) atoms. The number of pyridine rings is 1. The van der Waals surface area contributed by atoms with Crippen LogP contribution in [-0.2, 0) is 16.0 Å². The summed E-state index contributed by atoms with van der Waals surface area (Å²) in [5.41, 5.74) is 4.35. The average Bonchev–Trinajstić information content (AvgIpc) is 2.65. The average molecular weight is 339 g/mol. The van der Waals surface area contributed by atoms with E-state index in [1.165, 1.54) is 5.56 Å². The highest BCUT2D eigenvalue weighted by Crippen LogP contribution is 2.20. The van der Waals surface area contributed by atoms with Crippen LogP contribution in [0.4, 0.5) is 5.69 Å². The first-order chi connectivity index (χ1) is 12.1. The highest BCUT2D eigenvalue weighted by Gasteiger charge is 2.22. The van der Waals surface area contributed by atoms with Crippen LogP contribution in [0.2, 0.25) is 0 Å². The number of morpholine rings is 1. The SMILES string of the molecule is Cc1ccc(Cc2ccccn2)cc1NC(C)C(=O)N1CCOCC1. The number of benzene rings is 1. The number of anilines is 1. The number of rotatable bonds is 5. The van der Waals surface area contributed by atoms with E-state index in [4.69, 9.17) is 4.74 Å². The Balaban J connectivity index is 1.68. The minimum Gasteiger partial charge on any atom is -0.378 e. The molecule has 2 heterocycles. The second-order valence-corrected chi connectivity index (χ2v) is 6.45. The van der Waals surface area contributed by atoms with E-state index in [-0.39, 0.29) is 11.9 Å². The molecule has 3 rings (SSSR count). The zero-order valence-corrected chi connectivity index (χ0v) is 14.9. The van der Waals surface area contributed by atoms with Crippen molar-refractivity contribution in [3.05, 3.63) is 59.4 Å². The number of nitrogens with zero attached hydrogens (tertiary/aromatic N) is 2. The van der Waals surface area contributed by atoms with Crippen LogP contribution >= 0.6 is 0 Å². The number of hydrogen-bond donors (Lipinski definition) is 1. The van der Waals surface area contributed by atoms with Gasteiger partial charge in [-0.15, -0.1) is 0 Å². The lowest BCUT2D eigenvalue weighted by molar-refractivity contribution is -0.135. The highest BCUT2D eigenvalue weighted by molar-refractivity contribution is 5.84. The topological polar surface area (TPSA) is 54.5 Å². The molecule has 1 atom stereocenters. The summed E-state index contributed by atoms with van der Waals surface area (Å²) in [4.78, 5) is 18.8. The van der Waals surface area contributed by atoms with Gasteiger partial charge < -0.3 is 15.0 Å². The Labute approximate surface area is 149 Å². The van der Waals surface area contributed by atoms with Crippen molar-refractivity contribution in [3.8, 4) is 0 Å². The molecular formula is C20H25N3O2. The van der Waals surface area contributed by atoms with Crippen molar-refractivity contribution in [3.63, 3.8) is 0 Å². The molecule has 1 aromatic carbocycles. The fourth-order valence-corrected chi connectivity index (χ4v) is 3.00. The first-order valence-electron chi connectivity index (χ1n) is 8.76. The van der Waals surface area contributed by atoms with E-state index in [9.17, 15) is 4.79 Å². The molecule has 132 valence electrons. The molecule has 5 nitrogen and oxygen atoms in total. The first-order valence-corrected chi connectivity index (χ1v) is 8.76. The molecule has 1 N–H and O–H groups in total. The molecule has 0 bridgehead atoms. The Hall–Kier alpha value is -2.40. The Bertz CT molecular complexity index is 712. The monoisotopic (exact) mass is 339 g/mol. The molecule has 1 aliphatic heterocycles. The van der Waals surface area contributed by atoms with E-state index < -0.39 is 0 Å². The van der Waals surface area contributed by atoms with E-state index in [1.54, 1.807) is 0 Å². The van der Waals surface area contributed by atoms with Crippen molar-refractivity contribution in [2.24, 2.45) is 0 Å². The van der Waals surface area contributed by atoms with E-state index in [0.717, 1.165) is 23.4 Å². The normalized spacial score (nSPS) is 15.7. The second-order valence-electron chi connectivity index (χ2n) is 6.45. The van der Waals surface area contributed by atoms with Crippen LogP contribution in [0.15, 0.2) is 42.6 Å². The summed E-state index contributed by atoms with van der Waals surface area (Å²) < 4.78 is 5.32. The molecule has 1 amide bonds. The number of carbonyl (C=O) groups excluding carboxylic acids is 1. The van der Waals surface area contributed by atoms with Gasteiger partial charge in [0.2, 0.25) is 5.91 Å². The number of amides is 1. The molecular weight excluding hydrogens is 314 g/mol. The van der Waals surface area contributed by atoms with Crippen LogP contribution in [-0.4, -0.2) is 48.1 Å². The maximum atomic E-state index is 12.6. The minimum absolute atomic E-state index is 0.123. The third kappa shape index (κ3) is 4.57. The molecule has 1 saturated heterocycles. The summed E-state index contributed by atoms with van der Waals surface area (Å²) >= 11 is 0. The van der Waals surface area contributed by atoms with Crippen LogP contribution in [0, 0.1) is 6.92 Å². The van der Waals surface area contributed by atoms with Gasteiger partial charge in [-0.3, -0.25) is 9.78 Å². The summed E-state index contributed by atoms with van der Waals surface area (Å²) in [5, 5.41) is 3.38. The number of hydrogen-bond acceptors (Lipinski definition) is 4. The fourth-order valence-electron chi connectivity index (χ4n) is 3.00. The van der Waals surface area contributed by atoms with Crippen molar-refractivity contribution in [1.29, 1.82) is 0 Å². The maximum Gasteiger partial charge on any atom is 0.244 e. The van der Waals surface area contributed by atoms with E-state index in [1.807, 2.05) is 36.2 Å². The number of nitrogens with one attached hydrogen (secondary N) is 1. The van der Waals surface area contributed by atoms with Crippen LogP contribution in [0.3, 0.4) is 0 Å². The van der Waals surface area contributed by atoms with Crippen LogP contribution < -0.4 is 5.32 Å². The van der Waals surface area contributed by atoms with Crippen LogP contribution in [0.5, 0.6) is 0 Å². The molecule has 0 spiro atoms. The lowest BCUT2D eigenvalue weighted by Gasteiger charge is -2.30. The van der Waals surface area contributed by atoms with Crippen LogP contribution in [0.25, 0.3) is 0 Å². The molecule has 0 radical (unpaired) electrons. The van der Waals surface area contributed by atoms with Crippen molar-refractivity contribution in [2.45, 2.75) is 26.3 Å². The van der Waals surface area contributed by atoms with Gasteiger partial charge in [0.15, 0.2) is 0 Å². The number of aryl methyl sites for hydroxylation is 1. The molecule has 1 aromatic heterocycles. The lowest BCUT2D eigenvalue weighted by atomic mass is 10.0. The molecule has 0 saturated carbocycles. The quantitative estimate of drug-likeness (QED) is 0.910. The predicted molar refractivity (Wildman–Crippen MR) is 98.7 cm³/mol. The van der Waals surface area contributed by atoms with E-state index in [2.05, 4.69) is 35.4 Å². The van der Waals surface area contributed by atoms with Crippen molar-refractivity contribution >= 4 is 11.6 Å².